The van der Waals surface area contributed by atoms with E-state index < -0.39 is 23.8 Å². The SMILES string of the molecule is COC(=O)C1=C(C(=O)OC)N(c2ccccc2C(=O)OCC(C)C)C(N)=C(C#N)C1c1ccccc1. The van der Waals surface area contributed by atoms with Crippen molar-refractivity contribution in [2.45, 2.75) is 19.8 Å². The summed E-state index contributed by atoms with van der Waals surface area (Å²) in [6.45, 7) is 3.97. The number of carbonyl (C=O) groups is 3. The molecule has 2 aromatic rings. The number of esters is 3. The molecule has 9 heteroatoms. The maximum Gasteiger partial charge on any atom is 0.355 e. The highest BCUT2D eigenvalue weighted by atomic mass is 16.5. The molecule has 0 saturated heterocycles. The van der Waals surface area contributed by atoms with E-state index in [4.69, 9.17) is 19.9 Å². The van der Waals surface area contributed by atoms with Crippen LogP contribution in [-0.2, 0) is 23.8 Å². The maximum absolute atomic E-state index is 13.2. The molecule has 2 aromatic carbocycles. The molecule has 2 N–H and O–H groups in total. The van der Waals surface area contributed by atoms with Gasteiger partial charge in [-0.15, -0.1) is 0 Å². The molecule has 1 atom stereocenters. The number of hydrogen-bond acceptors (Lipinski definition) is 9. The fourth-order valence-electron chi connectivity index (χ4n) is 3.92. The van der Waals surface area contributed by atoms with Gasteiger partial charge in [0.2, 0.25) is 0 Å². The highest BCUT2D eigenvalue weighted by molar-refractivity contribution is 6.08. The summed E-state index contributed by atoms with van der Waals surface area (Å²) in [5.74, 6) is -3.46. The average Bonchev–Trinajstić information content (AvgIpc) is 2.90. The molecule has 1 aliphatic heterocycles. The number of nitriles is 1. The molecule has 1 aliphatic rings. The first-order chi connectivity index (χ1) is 17.3. The van der Waals surface area contributed by atoms with Crippen LogP contribution < -0.4 is 10.6 Å². The minimum Gasteiger partial charge on any atom is -0.466 e. The van der Waals surface area contributed by atoms with Crippen LogP contribution in [0.2, 0.25) is 0 Å². The molecule has 1 unspecified atom stereocenters. The first kappa shape index (κ1) is 26.0. The van der Waals surface area contributed by atoms with Gasteiger partial charge in [0, 0.05) is 0 Å². The van der Waals surface area contributed by atoms with Crippen LogP contribution in [0.15, 0.2) is 77.3 Å². The predicted molar refractivity (Wildman–Crippen MR) is 131 cm³/mol. The fourth-order valence-corrected chi connectivity index (χ4v) is 3.92. The zero-order valence-electron chi connectivity index (χ0n) is 20.5. The first-order valence-electron chi connectivity index (χ1n) is 11.2. The molecule has 36 heavy (non-hydrogen) atoms. The van der Waals surface area contributed by atoms with E-state index >= 15 is 0 Å². The summed E-state index contributed by atoms with van der Waals surface area (Å²) in [7, 11) is 2.32. The molecule has 0 bridgehead atoms. The predicted octanol–water partition coefficient (Wildman–Crippen LogP) is 3.40. The molecule has 0 aliphatic carbocycles. The summed E-state index contributed by atoms with van der Waals surface area (Å²) in [6, 6.07) is 17.0. The van der Waals surface area contributed by atoms with Crippen LogP contribution in [-0.4, -0.2) is 38.7 Å². The normalized spacial score (nSPS) is 15.4. The van der Waals surface area contributed by atoms with Crippen LogP contribution in [0, 0.1) is 17.2 Å². The number of nitrogens with zero attached hydrogens (tertiary/aromatic N) is 2. The van der Waals surface area contributed by atoms with Crippen molar-refractivity contribution < 1.29 is 28.6 Å². The second-order valence-corrected chi connectivity index (χ2v) is 8.34. The molecular weight excluding hydrogens is 462 g/mol. The first-order valence-corrected chi connectivity index (χ1v) is 11.2. The third-order valence-electron chi connectivity index (χ3n) is 5.52. The van der Waals surface area contributed by atoms with E-state index in [1.807, 2.05) is 13.8 Å². The van der Waals surface area contributed by atoms with Crippen molar-refractivity contribution in [3.63, 3.8) is 0 Å². The van der Waals surface area contributed by atoms with Gasteiger partial charge in [0.1, 0.15) is 11.5 Å². The third kappa shape index (κ3) is 4.93. The number of benzene rings is 2. The van der Waals surface area contributed by atoms with Crippen molar-refractivity contribution in [3.05, 3.63) is 88.4 Å². The van der Waals surface area contributed by atoms with Crippen molar-refractivity contribution >= 4 is 23.6 Å². The van der Waals surface area contributed by atoms with Crippen LogP contribution in [0.1, 0.15) is 35.7 Å². The molecule has 0 spiro atoms. The number of anilines is 1. The summed E-state index contributed by atoms with van der Waals surface area (Å²) >= 11 is 0. The van der Waals surface area contributed by atoms with E-state index in [1.54, 1.807) is 42.5 Å². The lowest BCUT2D eigenvalue weighted by Gasteiger charge is -2.36. The summed E-state index contributed by atoms with van der Waals surface area (Å²) in [6.07, 6.45) is 0. The second kappa shape index (κ2) is 11.2. The summed E-state index contributed by atoms with van der Waals surface area (Å²) in [5, 5.41) is 10.1. The Hall–Kier alpha value is -4.58. The van der Waals surface area contributed by atoms with Crippen molar-refractivity contribution in [2.24, 2.45) is 11.7 Å². The number of allylic oxidation sites excluding steroid dienone is 1. The molecule has 3 rings (SSSR count). The number of nitrogens with two attached hydrogens (primary N) is 1. The zero-order chi connectivity index (χ0) is 26.4. The van der Waals surface area contributed by atoms with Gasteiger partial charge in [-0.3, -0.25) is 4.90 Å². The Balaban J connectivity index is 2.36. The minimum atomic E-state index is -1.01. The van der Waals surface area contributed by atoms with Gasteiger partial charge >= 0.3 is 17.9 Å². The number of para-hydroxylation sites is 1. The van der Waals surface area contributed by atoms with E-state index in [1.165, 1.54) is 24.1 Å². The number of methoxy groups -OCH3 is 2. The zero-order valence-corrected chi connectivity index (χ0v) is 20.5. The Kier molecular flexibility index (Phi) is 8.12. The van der Waals surface area contributed by atoms with Crippen LogP contribution in [0.5, 0.6) is 0 Å². The molecule has 0 saturated carbocycles. The summed E-state index contributed by atoms with van der Waals surface area (Å²) < 4.78 is 15.5. The number of hydrogen-bond donors (Lipinski definition) is 1. The quantitative estimate of drug-likeness (QED) is 0.459. The topological polar surface area (TPSA) is 132 Å². The lowest BCUT2D eigenvalue weighted by Crippen LogP contribution is -2.41. The Morgan fingerprint density at radius 2 is 1.58 bits per heavy atom. The maximum atomic E-state index is 13.2. The minimum absolute atomic E-state index is 0.000367. The van der Waals surface area contributed by atoms with E-state index in [0.29, 0.717) is 5.56 Å². The lowest BCUT2D eigenvalue weighted by atomic mass is 9.80. The van der Waals surface area contributed by atoms with Crippen LogP contribution >= 0.6 is 0 Å². The van der Waals surface area contributed by atoms with Gasteiger partial charge in [-0.2, -0.15) is 5.26 Å². The highest BCUT2D eigenvalue weighted by Crippen LogP contribution is 2.43. The molecule has 186 valence electrons. The van der Waals surface area contributed by atoms with Gasteiger partial charge < -0.3 is 19.9 Å². The largest absolute Gasteiger partial charge is 0.466 e. The molecule has 0 amide bonds. The standard InChI is InChI=1S/C27H27N3O6/c1-16(2)15-36-25(31)18-12-8-9-13-20(18)30-23(27(33)35-4)22(26(32)34-3)21(19(14-28)24(30)29)17-10-6-5-7-11-17/h5-13,16,21H,15,29H2,1-4H3. The highest BCUT2D eigenvalue weighted by Gasteiger charge is 2.43. The third-order valence-corrected chi connectivity index (χ3v) is 5.52. The molecule has 0 radical (unpaired) electrons. The van der Waals surface area contributed by atoms with E-state index in [0.717, 1.165) is 7.11 Å². The van der Waals surface area contributed by atoms with Crippen LogP contribution in [0.3, 0.4) is 0 Å². The second-order valence-electron chi connectivity index (χ2n) is 8.34. The Morgan fingerprint density at radius 3 is 2.17 bits per heavy atom. The van der Waals surface area contributed by atoms with Crippen molar-refractivity contribution in [1.82, 2.24) is 0 Å². The van der Waals surface area contributed by atoms with E-state index in [-0.39, 0.29) is 46.4 Å². The van der Waals surface area contributed by atoms with Crippen molar-refractivity contribution in [1.29, 1.82) is 5.26 Å². The number of rotatable bonds is 7. The van der Waals surface area contributed by atoms with E-state index in [9.17, 15) is 19.6 Å². The van der Waals surface area contributed by atoms with Gasteiger partial charge in [-0.1, -0.05) is 56.3 Å². The summed E-state index contributed by atoms with van der Waals surface area (Å²) in [5.41, 5.74) is 6.87. The van der Waals surface area contributed by atoms with Gasteiger partial charge in [-0.05, 0) is 23.6 Å². The average molecular weight is 490 g/mol. The Bertz CT molecular complexity index is 1270. The monoisotopic (exact) mass is 489 g/mol. The smallest absolute Gasteiger partial charge is 0.355 e. The Labute approximate surface area is 209 Å². The van der Waals surface area contributed by atoms with Crippen molar-refractivity contribution in [3.8, 4) is 6.07 Å². The van der Waals surface area contributed by atoms with Crippen LogP contribution in [0.25, 0.3) is 0 Å². The van der Waals surface area contributed by atoms with Gasteiger partial charge in [0.15, 0.2) is 0 Å². The van der Waals surface area contributed by atoms with Crippen LogP contribution in [0.4, 0.5) is 5.69 Å². The molecule has 0 fully saturated rings. The summed E-state index contributed by atoms with van der Waals surface area (Å²) in [4.78, 5) is 40.5. The van der Waals surface area contributed by atoms with Gasteiger partial charge in [0.25, 0.3) is 0 Å². The number of carbonyl (C=O) groups excluding carboxylic acids is 3. The fraction of sp³-hybridized carbons (Fsp3) is 0.259. The van der Waals surface area contributed by atoms with Gasteiger partial charge in [-0.25, -0.2) is 14.4 Å². The molecule has 1 heterocycles. The Morgan fingerprint density at radius 1 is 0.972 bits per heavy atom. The van der Waals surface area contributed by atoms with E-state index in [2.05, 4.69) is 6.07 Å². The molecule has 0 aromatic heterocycles. The molecular formula is C27H27N3O6. The number of ether oxygens (including phenoxy) is 3. The molecule has 9 nitrogen and oxygen atoms in total. The van der Waals surface area contributed by atoms with Crippen molar-refractivity contribution in [2.75, 3.05) is 25.7 Å². The lowest BCUT2D eigenvalue weighted by molar-refractivity contribution is -0.139. The van der Waals surface area contributed by atoms with Gasteiger partial charge in [0.05, 0.1) is 55.2 Å².